The van der Waals surface area contributed by atoms with Crippen LogP contribution in [-0.4, -0.2) is 6.54 Å². The number of halogens is 1. The minimum atomic E-state index is -0.183. The highest BCUT2D eigenvalue weighted by atomic mass is 19.1. The van der Waals surface area contributed by atoms with Crippen molar-refractivity contribution in [1.29, 1.82) is 0 Å². The number of allylic oxidation sites excluding steroid dienone is 1. The molecule has 0 bridgehead atoms. The van der Waals surface area contributed by atoms with Crippen molar-refractivity contribution in [3.63, 3.8) is 0 Å². The van der Waals surface area contributed by atoms with Crippen molar-refractivity contribution in [2.45, 2.75) is 25.8 Å². The lowest BCUT2D eigenvalue weighted by Crippen LogP contribution is -2.19. The number of benzene rings is 1. The second-order valence-corrected chi connectivity index (χ2v) is 3.66. The maximum Gasteiger partial charge on any atom is 0.123 e. The molecule has 1 N–H and O–H groups in total. The van der Waals surface area contributed by atoms with E-state index >= 15 is 0 Å². The highest BCUT2D eigenvalue weighted by Crippen LogP contribution is 2.12. The van der Waals surface area contributed by atoms with Crippen LogP contribution in [0.15, 0.2) is 36.9 Å². The summed E-state index contributed by atoms with van der Waals surface area (Å²) in [6, 6.07) is 6.91. The van der Waals surface area contributed by atoms with Gasteiger partial charge in [-0.25, -0.2) is 4.39 Å². The van der Waals surface area contributed by atoms with E-state index < -0.39 is 0 Å². The zero-order valence-corrected chi connectivity index (χ0v) is 9.17. The van der Waals surface area contributed by atoms with Crippen LogP contribution in [0.2, 0.25) is 0 Å². The van der Waals surface area contributed by atoms with E-state index in [1.165, 1.54) is 12.1 Å². The topological polar surface area (TPSA) is 12.0 Å². The summed E-state index contributed by atoms with van der Waals surface area (Å²) in [6.45, 7) is 6.72. The summed E-state index contributed by atoms with van der Waals surface area (Å²) >= 11 is 0. The molecule has 1 atom stereocenters. The molecular formula is C13H18FN. The van der Waals surface area contributed by atoms with Crippen LogP contribution in [0.4, 0.5) is 4.39 Å². The molecule has 0 aromatic heterocycles. The van der Waals surface area contributed by atoms with E-state index in [-0.39, 0.29) is 11.9 Å². The van der Waals surface area contributed by atoms with Crippen molar-refractivity contribution in [3.8, 4) is 0 Å². The maximum absolute atomic E-state index is 12.7. The van der Waals surface area contributed by atoms with E-state index in [1.807, 2.05) is 18.2 Å². The molecule has 0 radical (unpaired) electrons. The van der Waals surface area contributed by atoms with Crippen molar-refractivity contribution < 1.29 is 4.39 Å². The molecule has 0 amide bonds. The van der Waals surface area contributed by atoms with Crippen LogP contribution in [0, 0.1) is 5.82 Å². The van der Waals surface area contributed by atoms with Crippen LogP contribution in [0.3, 0.4) is 0 Å². The molecule has 0 fully saturated rings. The van der Waals surface area contributed by atoms with Gasteiger partial charge in [0.25, 0.3) is 0 Å². The maximum atomic E-state index is 12.7. The Kier molecular flexibility index (Phi) is 5.05. The summed E-state index contributed by atoms with van der Waals surface area (Å²) in [5.74, 6) is -0.183. The van der Waals surface area contributed by atoms with Crippen molar-refractivity contribution in [1.82, 2.24) is 5.32 Å². The van der Waals surface area contributed by atoms with Crippen LogP contribution < -0.4 is 5.32 Å². The summed E-state index contributed by atoms with van der Waals surface area (Å²) in [6.07, 6.45) is 4.04. The summed E-state index contributed by atoms with van der Waals surface area (Å²) in [5.41, 5.74) is 1.12. The third kappa shape index (κ3) is 4.26. The predicted octanol–water partition coefficient (Wildman–Crippen LogP) is 3.44. The molecule has 0 saturated carbocycles. The fraction of sp³-hybridized carbons (Fsp3) is 0.385. The zero-order chi connectivity index (χ0) is 11.1. The third-order valence-corrected chi connectivity index (χ3v) is 2.41. The number of hydrogen-bond acceptors (Lipinski definition) is 1. The Bertz CT molecular complexity index is 292. The average molecular weight is 207 g/mol. The molecule has 0 aliphatic carbocycles. The van der Waals surface area contributed by atoms with Crippen molar-refractivity contribution in [2.24, 2.45) is 0 Å². The van der Waals surface area contributed by atoms with E-state index in [2.05, 4.69) is 18.8 Å². The van der Waals surface area contributed by atoms with Crippen LogP contribution in [0.25, 0.3) is 0 Å². The average Bonchev–Trinajstić information content (AvgIpc) is 2.25. The molecule has 0 aliphatic rings. The van der Waals surface area contributed by atoms with Gasteiger partial charge in [-0.2, -0.15) is 0 Å². The van der Waals surface area contributed by atoms with Gasteiger partial charge in [0.2, 0.25) is 0 Å². The molecule has 1 aromatic carbocycles. The second-order valence-electron chi connectivity index (χ2n) is 3.66. The van der Waals surface area contributed by atoms with Crippen molar-refractivity contribution >= 4 is 0 Å². The molecule has 1 rings (SSSR count). The lowest BCUT2D eigenvalue weighted by Gasteiger charge is -2.13. The number of unbranched alkanes of at least 4 members (excludes halogenated alkanes) is 1. The minimum absolute atomic E-state index is 0.183. The van der Waals surface area contributed by atoms with Gasteiger partial charge in [-0.1, -0.05) is 18.2 Å². The van der Waals surface area contributed by atoms with Crippen LogP contribution in [-0.2, 0) is 0 Å². The fourth-order valence-electron chi connectivity index (χ4n) is 1.43. The molecule has 15 heavy (non-hydrogen) atoms. The van der Waals surface area contributed by atoms with Gasteiger partial charge in [-0.05, 0) is 44.0 Å². The molecule has 0 saturated heterocycles. The monoisotopic (exact) mass is 207 g/mol. The van der Waals surface area contributed by atoms with Crippen molar-refractivity contribution in [3.05, 3.63) is 48.3 Å². The van der Waals surface area contributed by atoms with Crippen molar-refractivity contribution in [2.75, 3.05) is 6.54 Å². The Morgan fingerprint density at radius 3 is 2.67 bits per heavy atom. The van der Waals surface area contributed by atoms with Crippen LogP contribution >= 0.6 is 0 Å². The Balaban J connectivity index is 2.36. The summed E-state index contributed by atoms with van der Waals surface area (Å²) in [7, 11) is 0. The summed E-state index contributed by atoms with van der Waals surface area (Å²) in [4.78, 5) is 0. The Hall–Kier alpha value is -1.15. The SMILES string of the molecule is C=CCCCN[C@@H](C)c1ccc(F)cc1. The molecular weight excluding hydrogens is 189 g/mol. The lowest BCUT2D eigenvalue weighted by atomic mass is 10.1. The number of rotatable bonds is 6. The lowest BCUT2D eigenvalue weighted by molar-refractivity contribution is 0.558. The van der Waals surface area contributed by atoms with Crippen LogP contribution in [0.1, 0.15) is 31.4 Å². The van der Waals surface area contributed by atoms with E-state index in [0.29, 0.717) is 0 Å². The first-order chi connectivity index (χ1) is 7.24. The Morgan fingerprint density at radius 2 is 2.07 bits per heavy atom. The minimum Gasteiger partial charge on any atom is -0.310 e. The number of nitrogens with one attached hydrogen (secondary N) is 1. The largest absolute Gasteiger partial charge is 0.310 e. The fourth-order valence-corrected chi connectivity index (χ4v) is 1.43. The zero-order valence-electron chi connectivity index (χ0n) is 9.17. The summed E-state index contributed by atoms with van der Waals surface area (Å²) in [5, 5.41) is 3.38. The van der Waals surface area contributed by atoms with Gasteiger partial charge in [0, 0.05) is 6.04 Å². The number of hydrogen-bond donors (Lipinski definition) is 1. The first-order valence-corrected chi connectivity index (χ1v) is 5.34. The molecule has 0 heterocycles. The molecule has 1 nitrogen and oxygen atoms in total. The molecule has 0 spiro atoms. The highest BCUT2D eigenvalue weighted by molar-refractivity contribution is 5.19. The van der Waals surface area contributed by atoms with Gasteiger partial charge in [0.05, 0.1) is 0 Å². The van der Waals surface area contributed by atoms with Gasteiger partial charge in [0.15, 0.2) is 0 Å². The molecule has 0 aliphatic heterocycles. The van der Waals surface area contributed by atoms with Gasteiger partial charge in [-0.3, -0.25) is 0 Å². The predicted molar refractivity (Wildman–Crippen MR) is 62.2 cm³/mol. The quantitative estimate of drug-likeness (QED) is 0.556. The smallest absolute Gasteiger partial charge is 0.123 e. The molecule has 2 heteroatoms. The summed E-state index contributed by atoms with van der Waals surface area (Å²) < 4.78 is 12.7. The Labute approximate surface area is 91.0 Å². The second kappa shape index (κ2) is 6.36. The van der Waals surface area contributed by atoms with E-state index in [4.69, 9.17) is 0 Å². The van der Waals surface area contributed by atoms with E-state index in [1.54, 1.807) is 0 Å². The first-order valence-electron chi connectivity index (χ1n) is 5.34. The standard InChI is InChI=1S/C13H18FN/c1-3-4-5-10-15-11(2)12-6-8-13(14)9-7-12/h3,6-9,11,15H,1,4-5,10H2,2H3/t11-/m0/s1. The molecule has 1 aromatic rings. The first kappa shape index (κ1) is 11.9. The van der Waals surface area contributed by atoms with E-state index in [9.17, 15) is 4.39 Å². The van der Waals surface area contributed by atoms with Crippen LogP contribution in [0.5, 0.6) is 0 Å². The van der Waals surface area contributed by atoms with Gasteiger partial charge < -0.3 is 5.32 Å². The third-order valence-electron chi connectivity index (χ3n) is 2.41. The van der Waals surface area contributed by atoms with Gasteiger partial charge in [-0.15, -0.1) is 6.58 Å². The molecule has 0 unspecified atom stereocenters. The van der Waals surface area contributed by atoms with Gasteiger partial charge in [0.1, 0.15) is 5.82 Å². The van der Waals surface area contributed by atoms with E-state index in [0.717, 1.165) is 24.9 Å². The normalized spacial score (nSPS) is 12.4. The molecule has 82 valence electrons. The highest BCUT2D eigenvalue weighted by Gasteiger charge is 2.03. The van der Waals surface area contributed by atoms with Gasteiger partial charge >= 0.3 is 0 Å². The Morgan fingerprint density at radius 1 is 1.40 bits per heavy atom.